The first-order chi connectivity index (χ1) is 5.72. The Kier molecular flexibility index (Phi) is 2.78. The highest BCUT2D eigenvalue weighted by atomic mass is 15.1. The molecule has 0 saturated carbocycles. The monoisotopic (exact) mass is 183 g/mol. The molecule has 1 atom stereocenters. The summed E-state index contributed by atoms with van der Waals surface area (Å²) in [5.41, 5.74) is 0.983. The first-order valence-corrected chi connectivity index (χ1v) is 5.42. The fourth-order valence-electron chi connectivity index (χ4n) is 3.21. The summed E-state index contributed by atoms with van der Waals surface area (Å²) in [6.45, 7) is 13.2. The van der Waals surface area contributed by atoms with Crippen molar-refractivity contribution < 1.29 is 0 Å². The van der Waals surface area contributed by atoms with Crippen molar-refractivity contribution in [1.82, 2.24) is 4.90 Å². The lowest BCUT2D eigenvalue weighted by Crippen LogP contribution is -2.34. The highest BCUT2D eigenvalue weighted by Crippen LogP contribution is 2.41. The van der Waals surface area contributed by atoms with Crippen molar-refractivity contribution in [2.24, 2.45) is 10.8 Å². The summed E-state index contributed by atoms with van der Waals surface area (Å²) < 4.78 is 0. The molecule has 0 spiro atoms. The van der Waals surface area contributed by atoms with Crippen LogP contribution < -0.4 is 0 Å². The van der Waals surface area contributed by atoms with Gasteiger partial charge < -0.3 is 4.90 Å². The molecule has 0 radical (unpaired) electrons. The zero-order chi connectivity index (χ0) is 10.3. The summed E-state index contributed by atoms with van der Waals surface area (Å²) in [6, 6.07) is 0.733. The summed E-state index contributed by atoms with van der Waals surface area (Å²) in [6.07, 6.45) is 2.67. The van der Waals surface area contributed by atoms with Crippen LogP contribution in [0.4, 0.5) is 0 Å². The number of nitrogens with zero attached hydrogens (tertiary/aromatic N) is 1. The minimum Gasteiger partial charge on any atom is -0.303 e. The summed E-state index contributed by atoms with van der Waals surface area (Å²) in [5, 5.41) is 0. The SMILES string of the molecule is CC1CC(C)(C)CC(C)(C)CN1C. The van der Waals surface area contributed by atoms with E-state index in [9.17, 15) is 0 Å². The van der Waals surface area contributed by atoms with Crippen molar-refractivity contribution in [2.45, 2.75) is 53.5 Å². The average molecular weight is 183 g/mol. The Hall–Kier alpha value is -0.0400. The van der Waals surface area contributed by atoms with Gasteiger partial charge in [-0.3, -0.25) is 0 Å². The van der Waals surface area contributed by atoms with E-state index in [2.05, 4.69) is 46.6 Å². The summed E-state index contributed by atoms with van der Waals surface area (Å²) in [4.78, 5) is 2.51. The molecule has 0 bridgehead atoms. The van der Waals surface area contributed by atoms with Crippen molar-refractivity contribution in [3.05, 3.63) is 0 Å². The number of hydrogen-bond donors (Lipinski definition) is 0. The number of hydrogen-bond acceptors (Lipinski definition) is 1. The van der Waals surface area contributed by atoms with Crippen LogP contribution in [0.2, 0.25) is 0 Å². The van der Waals surface area contributed by atoms with E-state index in [1.807, 2.05) is 0 Å². The zero-order valence-corrected chi connectivity index (χ0v) is 10.1. The van der Waals surface area contributed by atoms with Crippen molar-refractivity contribution in [3.63, 3.8) is 0 Å². The van der Waals surface area contributed by atoms with Crippen LogP contribution in [-0.4, -0.2) is 24.5 Å². The fourth-order valence-corrected chi connectivity index (χ4v) is 3.21. The van der Waals surface area contributed by atoms with Gasteiger partial charge in [-0.2, -0.15) is 0 Å². The lowest BCUT2D eigenvalue weighted by atomic mass is 9.74. The molecule has 1 unspecified atom stereocenters. The fraction of sp³-hybridized carbons (Fsp3) is 1.00. The summed E-state index contributed by atoms with van der Waals surface area (Å²) in [5.74, 6) is 0. The molecular formula is C12H25N. The Morgan fingerprint density at radius 1 is 1.08 bits per heavy atom. The molecule has 1 rings (SSSR count). The van der Waals surface area contributed by atoms with Gasteiger partial charge in [0.2, 0.25) is 0 Å². The minimum absolute atomic E-state index is 0.475. The smallest absolute Gasteiger partial charge is 0.00691 e. The third-order valence-electron chi connectivity index (χ3n) is 3.23. The standard InChI is InChI=1S/C12H25N/c1-10-7-11(2,3)8-12(4,5)9-13(10)6/h10H,7-9H2,1-6H3. The first kappa shape index (κ1) is 11.0. The Morgan fingerprint density at radius 3 is 2.15 bits per heavy atom. The summed E-state index contributed by atoms with van der Waals surface area (Å²) in [7, 11) is 2.26. The summed E-state index contributed by atoms with van der Waals surface area (Å²) >= 11 is 0. The maximum Gasteiger partial charge on any atom is 0.00691 e. The van der Waals surface area contributed by atoms with Gasteiger partial charge in [-0.05, 0) is 37.6 Å². The van der Waals surface area contributed by atoms with Gasteiger partial charge >= 0.3 is 0 Å². The third-order valence-corrected chi connectivity index (χ3v) is 3.23. The minimum atomic E-state index is 0.475. The second-order valence-electron chi connectivity index (χ2n) is 6.47. The van der Waals surface area contributed by atoms with Crippen LogP contribution in [0, 0.1) is 10.8 Å². The van der Waals surface area contributed by atoms with Gasteiger partial charge in [0.15, 0.2) is 0 Å². The lowest BCUT2D eigenvalue weighted by Gasteiger charge is -2.31. The predicted molar refractivity (Wildman–Crippen MR) is 58.9 cm³/mol. The van der Waals surface area contributed by atoms with Gasteiger partial charge in [-0.15, -0.1) is 0 Å². The second-order valence-corrected chi connectivity index (χ2v) is 6.47. The Bertz CT molecular complexity index is 162. The molecular weight excluding hydrogens is 158 g/mol. The topological polar surface area (TPSA) is 3.24 Å². The first-order valence-electron chi connectivity index (χ1n) is 5.42. The molecule has 1 nitrogen and oxygen atoms in total. The van der Waals surface area contributed by atoms with E-state index in [4.69, 9.17) is 0 Å². The number of likely N-dealkylation sites (tertiary alicyclic amines) is 1. The van der Waals surface area contributed by atoms with Crippen LogP contribution in [0.25, 0.3) is 0 Å². The molecule has 0 aromatic heterocycles. The van der Waals surface area contributed by atoms with Crippen molar-refractivity contribution in [1.29, 1.82) is 0 Å². The average Bonchev–Trinajstić information content (AvgIpc) is 1.85. The largest absolute Gasteiger partial charge is 0.303 e. The lowest BCUT2D eigenvalue weighted by molar-refractivity contribution is 0.184. The van der Waals surface area contributed by atoms with Crippen LogP contribution in [0.1, 0.15) is 47.5 Å². The van der Waals surface area contributed by atoms with E-state index >= 15 is 0 Å². The van der Waals surface area contributed by atoms with Crippen LogP contribution in [0.5, 0.6) is 0 Å². The molecule has 0 aromatic rings. The molecule has 1 saturated heterocycles. The third kappa shape index (κ3) is 2.98. The maximum absolute atomic E-state index is 2.51. The second kappa shape index (κ2) is 3.27. The highest BCUT2D eigenvalue weighted by molar-refractivity contribution is 4.88. The quantitative estimate of drug-likeness (QED) is 0.557. The molecule has 1 heteroatoms. The van der Waals surface area contributed by atoms with Crippen LogP contribution in [0.3, 0.4) is 0 Å². The Labute approximate surface area is 83.5 Å². The van der Waals surface area contributed by atoms with E-state index in [0.29, 0.717) is 10.8 Å². The Morgan fingerprint density at radius 2 is 1.62 bits per heavy atom. The predicted octanol–water partition coefficient (Wildman–Crippen LogP) is 3.15. The van der Waals surface area contributed by atoms with Crippen LogP contribution >= 0.6 is 0 Å². The molecule has 1 aliphatic heterocycles. The molecule has 1 fully saturated rings. The van der Waals surface area contributed by atoms with E-state index in [0.717, 1.165) is 6.04 Å². The Balaban J connectivity index is 2.80. The van der Waals surface area contributed by atoms with Crippen LogP contribution in [-0.2, 0) is 0 Å². The number of rotatable bonds is 0. The molecule has 0 aromatic carbocycles. The molecule has 0 amide bonds. The highest BCUT2D eigenvalue weighted by Gasteiger charge is 2.35. The molecule has 1 aliphatic rings. The van der Waals surface area contributed by atoms with E-state index < -0.39 is 0 Å². The van der Waals surface area contributed by atoms with Crippen LogP contribution in [0.15, 0.2) is 0 Å². The normalized spacial score (nSPS) is 34.2. The van der Waals surface area contributed by atoms with Gasteiger partial charge in [-0.25, -0.2) is 0 Å². The van der Waals surface area contributed by atoms with Gasteiger partial charge in [0, 0.05) is 12.6 Å². The van der Waals surface area contributed by atoms with E-state index in [-0.39, 0.29) is 0 Å². The van der Waals surface area contributed by atoms with Gasteiger partial charge in [0.05, 0.1) is 0 Å². The zero-order valence-electron chi connectivity index (χ0n) is 10.1. The van der Waals surface area contributed by atoms with Gasteiger partial charge in [-0.1, -0.05) is 27.7 Å². The van der Waals surface area contributed by atoms with Gasteiger partial charge in [0.1, 0.15) is 0 Å². The molecule has 0 aliphatic carbocycles. The maximum atomic E-state index is 2.51. The van der Waals surface area contributed by atoms with E-state index in [1.165, 1.54) is 19.4 Å². The van der Waals surface area contributed by atoms with Crippen molar-refractivity contribution in [2.75, 3.05) is 13.6 Å². The molecule has 13 heavy (non-hydrogen) atoms. The molecule has 78 valence electrons. The van der Waals surface area contributed by atoms with Crippen molar-refractivity contribution in [3.8, 4) is 0 Å². The van der Waals surface area contributed by atoms with E-state index in [1.54, 1.807) is 0 Å². The molecule has 0 N–H and O–H groups in total. The van der Waals surface area contributed by atoms with Crippen molar-refractivity contribution >= 4 is 0 Å². The molecule has 1 heterocycles. The van der Waals surface area contributed by atoms with Gasteiger partial charge in [0.25, 0.3) is 0 Å².